The first-order valence-corrected chi connectivity index (χ1v) is 5.32. The summed E-state index contributed by atoms with van der Waals surface area (Å²) in [6.45, 7) is 0. The molecule has 2 aromatic rings. The third-order valence-corrected chi connectivity index (χ3v) is 2.77. The van der Waals surface area contributed by atoms with Crippen molar-refractivity contribution in [2.45, 2.75) is 0 Å². The zero-order valence-corrected chi connectivity index (χ0v) is 8.75. The van der Waals surface area contributed by atoms with E-state index in [2.05, 4.69) is 11.8 Å². The van der Waals surface area contributed by atoms with E-state index in [1.54, 1.807) is 6.07 Å². The number of aldehydes is 1. The van der Waals surface area contributed by atoms with Crippen LogP contribution in [0, 0.1) is 11.8 Å². The van der Waals surface area contributed by atoms with Crippen LogP contribution in [0.1, 0.15) is 20.1 Å². The maximum absolute atomic E-state index is 10.5. The van der Waals surface area contributed by atoms with Crippen molar-refractivity contribution in [2.75, 3.05) is 0 Å². The lowest BCUT2D eigenvalue weighted by Gasteiger charge is -1.85. The number of rotatable bonds is 1. The average molecular weight is 212 g/mol. The van der Waals surface area contributed by atoms with E-state index >= 15 is 0 Å². The van der Waals surface area contributed by atoms with E-state index in [4.69, 9.17) is 0 Å². The fourth-order valence-corrected chi connectivity index (χ4v) is 1.81. The first-order valence-electron chi connectivity index (χ1n) is 4.50. The second-order valence-corrected chi connectivity index (χ2v) is 4.05. The first-order chi connectivity index (χ1) is 7.38. The Morgan fingerprint density at radius 3 is 2.47 bits per heavy atom. The summed E-state index contributed by atoms with van der Waals surface area (Å²) in [5, 5.41) is 0. The largest absolute Gasteiger partial charge is 0.297 e. The molecular weight excluding hydrogens is 204 g/mol. The van der Waals surface area contributed by atoms with Gasteiger partial charge in [0.15, 0.2) is 6.29 Å². The van der Waals surface area contributed by atoms with Gasteiger partial charge in [-0.25, -0.2) is 0 Å². The number of benzene rings is 1. The van der Waals surface area contributed by atoms with E-state index in [-0.39, 0.29) is 0 Å². The minimum atomic E-state index is 0.715. The Kier molecular flexibility index (Phi) is 2.96. The second kappa shape index (κ2) is 4.59. The maximum atomic E-state index is 10.5. The topological polar surface area (TPSA) is 17.1 Å². The van der Waals surface area contributed by atoms with Gasteiger partial charge in [-0.2, -0.15) is 0 Å². The van der Waals surface area contributed by atoms with Crippen LogP contribution in [0.2, 0.25) is 0 Å². The highest BCUT2D eigenvalue weighted by atomic mass is 32.1. The van der Waals surface area contributed by atoms with Gasteiger partial charge in [-0.05, 0) is 24.3 Å². The van der Waals surface area contributed by atoms with Crippen LogP contribution in [0.25, 0.3) is 0 Å². The first kappa shape index (κ1) is 9.70. The Balaban J connectivity index is 2.22. The molecule has 72 valence electrons. The summed E-state index contributed by atoms with van der Waals surface area (Å²) < 4.78 is 0. The van der Waals surface area contributed by atoms with Gasteiger partial charge in [0.2, 0.25) is 0 Å². The average Bonchev–Trinajstić information content (AvgIpc) is 2.76. The predicted molar refractivity (Wildman–Crippen MR) is 62.1 cm³/mol. The van der Waals surface area contributed by atoms with E-state index in [0.29, 0.717) is 4.88 Å². The Bertz CT molecular complexity index is 514. The summed E-state index contributed by atoms with van der Waals surface area (Å²) in [5.74, 6) is 6.07. The molecule has 0 radical (unpaired) electrons. The lowest BCUT2D eigenvalue weighted by Crippen LogP contribution is -1.70. The third kappa shape index (κ3) is 2.55. The molecule has 1 aromatic heterocycles. The highest BCUT2D eigenvalue weighted by Crippen LogP contribution is 2.12. The number of carbonyl (C=O) groups is 1. The van der Waals surface area contributed by atoms with Gasteiger partial charge in [0, 0.05) is 5.56 Å². The van der Waals surface area contributed by atoms with Crippen molar-refractivity contribution in [3.05, 3.63) is 57.8 Å². The second-order valence-electron chi connectivity index (χ2n) is 2.94. The molecule has 0 aliphatic carbocycles. The van der Waals surface area contributed by atoms with E-state index < -0.39 is 0 Å². The molecule has 0 spiro atoms. The smallest absolute Gasteiger partial charge is 0.160 e. The number of hydrogen-bond acceptors (Lipinski definition) is 2. The fourth-order valence-electron chi connectivity index (χ4n) is 1.14. The van der Waals surface area contributed by atoms with Crippen molar-refractivity contribution in [1.29, 1.82) is 0 Å². The molecule has 0 N–H and O–H groups in total. The molecule has 2 heteroatoms. The van der Waals surface area contributed by atoms with Gasteiger partial charge < -0.3 is 0 Å². The van der Waals surface area contributed by atoms with Crippen LogP contribution in [0.3, 0.4) is 0 Å². The van der Waals surface area contributed by atoms with E-state index in [0.717, 1.165) is 16.7 Å². The normalized spacial score (nSPS) is 9.07. The molecule has 1 aromatic carbocycles. The van der Waals surface area contributed by atoms with Crippen molar-refractivity contribution >= 4 is 17.6 Å². The summed E-state index contributed by atoms with van der Waals surface area (Å²) in [4.78, 5) is 12.1. The summed E-state index contributed by atoms with van der Waals surface area (Å²) >= 11 is 1.41. The third-order valence-electron chi connectivity index (χ3n) is 1.85. The van der Waals surface area contributed by atoms with Crippen molar-refractivity contribution in [3.63, 3.8) is 0 Å². The molecule has 0 bridgehead atoms. The molecule has 0 aliphatic rings. The molecule has 0 saturated carbocycles. The Morgan fingerprint density at radius 1 is 1.00 bits per heavy atom. The van der Waals surface area contributed by atoms with Gasteiger partial charge in [0.1, 0.15) is 0 Å². The van der Waals surface area contributed by atoms with Crippen molar-refractivity contribution in [3.8, 4) is 11.8 Å². The van der Waals surface area contributed by atoms with Crippen molar-refractivity contribution in [2.24, 2.45) is 0 Å². The molecule has 0 aliphatic heterocycles. The molecule has 1 heterocycles. The van der Waals surface area contributed by atoms with Crippen LogP contribution in [-0.4, -0.2) is 6.29 Å². The summed E-state index contributed by atoms with van der Waals surface area (Å²) in [6, 6.07) is 13.4. The summed E-state index contributed by atoms with van der Waals surface area (Å²) in [6.07, 6.45) is 0.846. The number of thiophene rings is 1. The van der Waals surface area contributed by atoms with Crippen LogP contribution in [0.5, 0.6) is 0 Å². The highest BCUT2D eigenvalue weighted by molar-refractivity contribution is 7.14. The van der Waals surface area contributed by atoms with Crippen molar-refractivity contribution < 1.29 is 4.79 Å². The zero-order chi connectivity index (χ0) is 10.5. The standard InChI is InChI=1S/C13H8OS/c14-10-13-9-8-12(15-13)7-6-11-4-2-1-3-5-11/h1-5,8-10H. The zero-order valence-electron chi connectivity index (χ0n) is 7.94. The van der Waals surface area contributed by atoms with Crippen LogP contribution >= 0.6 is 11.3 Å². The van der Waals surface area contributed by atoms with Gasteiger partial charge in [-0.1, -0.05) is 30.0 Å². The van der Waals surface area contributed by atoms with Crippen LogP contribution < -0.4 is 0 Å². The van der Waals surface area contributed by atoms with Gasteiger partial charge in [0.05, 0.1) is 9.75 Å². The van der Waals surface area contributed by atoms with Crippen LogP contribution in [0.4, 0.5) is 0 Å². The summed E-state index contributed by atoms with van der Waals surface area (Å²) in [5.41, 5.74) is 0.985. The number of hydrogen-bond donors (Lipinski definition) is 0. The Morgan fingerprint density at radius 2 is 1.80 bits per heavy atom. The molecular formula is C13H8OS. The highest BCUT2D eigenvalue weighted by Gasteiger charge is 1.94. The molecule has 0 atom stereocenters. The quantitative estimate of drug-likeness (QED) is 0.524. The molecule has 2 rings (SSSR count). The maximum Gasteiger partial charge on any atom is 0.160 e. The Hall–Kier alpha value is -1.85. The lowest BCUT2D eigenvalue weighted by atomic mass is 10.2. The van der Waals surface area contributed by atoms with Gasteiger partial charge >= 0.3 is 0 Å². The molecule has 0 unspecified atom stereocenters. The van der Waals surface area contributed by atoms with E-state index in [1.807, 2.05) is 36.4 Å². The molecule has 0 saturated heterocycles. The van der Waals surface area contributed by atoms with Gasteiger partial charge in [-0.15, -0.1) is 11.3 Å². The minimum absolute atomic E-state index is 0.715. The molecule has 0 fully saturated rings. The minimum Gasteiger partial charge on any atom is -0.297 e. The predicted octanol–water partition coefficient (Wildman–Crippen LogP) is 2.96. The SMILES string of the molecule is O=Cc1ccc(C#Cc2ccccc2)s1. The van der Waals surface area contributed by atoms with E-state index in [9.17, 15) is 4.79 Å². The Labute approximate surface area is 92.4 Å². The lowest BCUT2D eigenvalue weighted by molar-refractivity contribution is 0.112. The van der Waals surface area contributed by atoms with Crippen LogP contribution in [0.15, 0.2) is 42.5 Å². The van der Waals surface area contributed by atoms with Crippen molar-refractivity contribution in [1.82, 2.24) is 0 Å². The van der Waals surface area contributed by atoms with Gasteiger partial charge in [0.25, 0.3) is 0 Å². The van der Waals surface area contributed by atoms with Gasteiger partial charge in [-0.3, -0.25) is 4.79 Å². The fraction of sp³-hybridized carbons (Fsp3) is 0. The monoisotopic (exact) mass is 212 g/mol. The number of carbonyl (C=O) groups excluding carboxylic acids is 1. The molecule has 1 nitrogen and oxygen atoms in total. The van der Waals surface area contributed by atoms with E-state index in [1.165, 1.54) is 11.3 Å². The summed E-state index contributed by atoms with van der Waals surface area (Å²) in [7, 11) is 0. The van der Waals surface area contributed by atoms with Crippen LogP contribution in [-0.2, 0) is 0 Å². The molecule has 15 heavy (non-hydrogen) atoms. The molecule has 0 amide bonds.